The molecule has 0 aliphatic heterocycles. The fourth-order valence-electron chi connectivity index (χ4n) is 2.94. The summed E-state index contributed by atoms with van der Waals surface area (Å²) < 4.78 is 0. The molecule has 0 fully saturated rings. The van der Waals surface area contributed by atoms with E-state index in [1.54, 1.807) is 18.2 Å². The first-order valence-corrected chi connectivity index (χ1v) is 10.0. The molecule has 4 rings (SSSR count). The van der Waals surface area contributed by atoms with Crippen LogP contribution in [0.5, 0.6) is 0 Å². The van der Waals surface area contributed by atoms with Crippen LogP contribution in [0, 0.1) is 0 Å². The van der Waals surface area contributed by atoms with Gasteiger partial charge in [-0.15, -0.1) is 0 Å². The summed E-state index contributed by atoms with van der Waals surface area (Å²) in [7, 11) is 0. The SMILES string of the molecule is O=C(Nc1cccc(-c2cccc(NC(=O)c3ccsc3)c2)c1)c1ccccc1. The smallest absolute Gasteiger partial charge is 0.256 e. The minimum atomic E-state index is -0.153. The van der Waals surface area contributed by atoms with E-state index in [9.17, 15) is 9.59 Å². The van der Waals surface area contributed by atoms with Crippen LogP contribution in [0.25, 0.3) is 11.1 Å². The monoisotopic (exact) mass is 398 g/mol. The van der Waals surface area contributed by atoms with Crippen LogP contribution < -0.4 is 10.6 Å². The van der Waals surface area contributed by atoms with Gasteiger partial charge in [-0.1, -0.05) is 42.5 Å². The second-order valence-electron chi connectivity index (χ2n) is 6.45. The number of hydrogen-bond donors (Lipinski definition) is 2. The van der Waals surface area contributed by atoms with E-state index in [2.05, 4.69) is 10.6 Å². The molecule has 0 saturated carbocycles. The molecule has 0 unspecified atom stereocenters. The number of rotatable bonds is 5. The Labute approximate surface area is 172 Å². The molecule has 4 nitrogen and oxygen atoms in total. The third-order valence-corrected chi connectivity index (χ3v) is 5.08. The number of benzene rings is 3. The molecule has 0 aliphatic carbocycles. The summed E-state index contributed by atoms with van der Waals surface area (Å²) in [5, 5.41) is 9.54. The van der Waals surface area contributed by atoms with Crippen LogP contribution in [-0.2, 0) is 0 Å². The van der Waals surface area contributed by atoms with Crippen molar-refractivity contribution in [1.29, 1.82) is 0 Å². The molecule has 0 spiro atoms. The number of anilines is 2. The average molecular weight is 398 g/mol. The number of nitrogens with one attached hydrogen (secondary N) is 2. The van der Waals surface area contributed by atoms with Gasteiger partial charge in [-0.05, 0) is 59.0 Å². The zero-order valence-corrected chi connectivity index (χ0v) is 16.3. The first-order valence-electron chi connectivity index (χ1n) is 9.09. The van der Waals surface area contributed by atoms with Crippen LogP contribution in [0.4, 0.5) is 11.4 Å². The second-order valence-corrected chi connectivity index (χ2v) is 7.23. The van der Waals surface area contributed by atoms with E-state index in [1.165, 1.54) is 11.3 Å². The van der Waals surface area contributed by atoms with Gasteiger partial charge in [-0.3, -0.25) is 9.59 Å². The van der Waals surface area contributed by atoms with E-state index < -0.39 is 0 Å². The molecule has 0 atom stereocenters. The van der Waals surface area contributed by atoms with Gasteiger partial charge in [0, 0.05) is 22.3 Å². The fourth-order valence-corrected chi connectivity index (χ4v) is 3.58. The van der Waals surface area contributed by atoms with Crippen molar-refractivity contribution >= 4 is 34.5 Å². The highest BCUT2D eigenvalue weighted by molar-refractivity contribution is 7.08. The predicted octanol–water partition coefficient (Wildman–Crippen LogP) is 5.92. The Bertz CT molecular complexity index is 1140. The zero-order valence-electron chi connectivity index (χ0n) is 15.5. The summed E-state index contributed by atoms with van der Waals surface area (Å²) in [5.74, 6) is -0.285. The normalized spacial score (nSPS) is 10.3. The second kappa shape index (κ2) is 8.54. The van der Waals surface area contributed by atoms with E-state index in [0.29, 0.717) is 16.8 Å². The minimum Gasteiger partial charge on any atom is -0.322 e. The fraction of sp³-hybridized carbons (Fsp3) is 0. The topological polar surface area (TPSA) is 58.2 Å². The lowest BCUT2D eigenvalue weighted by Gasteiger charge is -2.10. The molecule has 0 radical (unpaired) electrons. The summed E-state index contributed by atoms with van der Waals surface area (Å²) >= 11 is 1.49. The molecule has 142 valence electrons. The molecule has 5 heteroatoms. The third kappa shape index (κ3) is 4.59. The highest BCUT2D eigenvalue weighted by atomic mass is 32.1. The maximum Gasteiger partial charge on any atom is 0.256 e. The number of carbonyl (C=O) groups excluding carboxylic acids is 2. The lowest BCUT2D eigenvalue weighted by molar-refractivity contribution is 0.101. The minimum absolute atomic E-state index is 0.132. The Balaban J connectivity index is 1.52. The van der Waals surface area contributed by atoms with Gasteiger partial charge in [0.1, 0.15) is 0 Å². The lowest BCUT2D eigenvalue weighted by atomic mass is 10.0. The van der Waals surface area contributed by atoms with Gasteiger partial charge in [0.25, 0.3) is 11.8 Å². The van der Waals surface area contributed by atoms with Gasteiger partial charge >= 0.3 is 0 Å². The Morgan fingerprint density at radius 2 is 1.21 bits per heavy atom. The molecule has 2 N–H and O–H groups in total. The summed E-state index contributed by atoms with van der Waals surface area (Å²) in [5.41, 5.74) is 4.58. The molecule has 4 aromatic rings. The highest BCUT2D eigenvalue weighted by Crippen LogP contribution is 2.26. The van der Waals surface area contributed by atoms with Gasteiger partial charge in [-0.2, -0.15) is 11.3 Å². The number of thiophene rings is 1. The molecule has 2 amide bonds. The largest absolute Gasteiger partial charge is 0.322 e. The Morgan fingerprint density at radius 1 is 0.621 bits per heavy atom. The van der Waals surface area contributed by atoms with Gasteiger partial charge in [-0.25, -0.2) is 0 Å². The number of hydrogen-bond acceptors (Lipinski definition) is 3. The van der Waals surface area contributed by atoms with Crippen molar-refractivity contribution in [2.75, 3.05) is 10.6 Å². The quantitative estimate of drug-likeness (QED) is 0.438. The molecule has 29 heavy (non-hydrogen) atoms. The van der Waals surface area contributed by atoms with Crippen LogP contribution in [0.1, 0.15) is 20.7 Å². The highest BCUT2D eigenvalue weighted by Gasteiger charge is 2.09. The maximum atomic E-state index is 12.4. The standard InChI is InChI=1S/C24H18N2O2S/c27-23(17-6-2-1-3-7-17)25-21-10-4-8-18(14-21)19-9-5-11-22(15-19)26-24(28)20-12-13-29-16-20/h1-16H,(H,25,27)(H,26,28). The van der Waals surface area contributed by atoms with Crippen molar-refractivity contribution in [3.05, 3.63) is 107 Å². The molecular formula is C24H18N2O2S. The summed E-state index contributed by atoms with van der Waals surface area (Å²) in [6, 6.07) is 26.2. The van der Waals surface area contributed by atoms with Gasteiger partial charge in [0.2, 0.25) is 0 Å². The van der Waals surface area contributed by atoms with Crippen LogP contribution >= 0.6 is 11.3 Å². The van der Waals surface area contributed by atoms with E-state index in [0.717, 1.165) is 16.8 Å². The lowest BCUT2D eigenvalue weighted by Crippen LogP contribution is -2.11. The molecule has 0 saturated heterocycles. The van der Waals surface area contributed by atoms with Crippen LogP contribution in [0.2, 0.25) is 0 Å². The van der Waals surface area contributed by atoms with E-state index >= 15 is 0 Å². The summed E-state index contributed by atoms with van der Waals surface area (Å²) in [4.78, 5) is 24.7. The third-order valence-electron chi connectivity index (χ3n) is 4.39. The summed E-state index contributed by atoms with van der Waals surface area (Å²) in [6.45, 7) is 0. The van der Waals surface area contributed by atoms with Gasteiger partial charge < -0.3 is 10.6 Å². The Morgan fingerprint density at radius 3 is 1.76 bits per heavy atom. The first-order chi connectivity index (χ1) is 14.2. The Hall–Kier alpha value is -3.70. The van der Waals surface area contributed by atoms with E-state index in [-0.39, 0.29) is 11.8 Å². The number of amides is 2. The van der Waals surface area contributed by atoms with Crippen molar-refractivity contribution in [2.45, 2.75) is 0 Å². The van der Waals surface area contributed by atoms with E-state index in [4.69, 9.17) is 0 Å². The molecule has 1 aromatic heterocycles. The summed E-state index contributed by atoms with van der Waals surface area (Å²) in [6.07, 6.45) is 0. The molecule has 0 aliphatic rings. The van der Waals surface area contributed by atoms with E-state index in [1.807, 2.05) is 77.5 Å². The zero-order chi connectivity index (χ0) is 20.1. The van der Waals surface area contributed by atoms with Crippen LogP contribution in [0.3, 0.4) is 0 Å². The van der Waals surface area contributed by atoms with Crippen molar-refractivity contribution in [2.24, 2.45) is 0 Å². The molecule has 3 aromatic carbocycles. The van der Waals surface area contributed by atoms with Crippen LogP contribution in [-0.4, -0.2) is 11.8 Å². The van der Waals surface area contributed by atoms with Crippen molar-refractivity contribution in [1.82, 2.24) is 0 Å². The molecular weight excluding hydrogens is 380 g/mol. The van der Waals surface area contributed by atoms with Crippen molar-refractivity contribution in [3.8, 4) is 11.1 Å². The van der Waals surface area contributed by atoms with Crippen molar-refractivity contribution in [3.63, 3.8) is 0 Å². The number of carbonyl (C=O) groups is 2. The Kier molecular flexibility index (Phi) is 5.49. The predicted molar refractivity (Wildman–Crippen MR) is 119 cm³/mol. The molecule has 0 bridgehead atoms. The first kappa shape index (κ1) is 18.7. The maximum absolute atomic E-state index is 12.4. The van der Waals surface area contributed by atoms with Crippen LogP contribution in [0.15, 0.2) is 95.7 Å². The van der Waals surface area contributed by atoms with Gasteiger partial charge in [0.05, 0.1) is 5.56 Å². The molecule has 1 heterocycles. The van der Waals surface area contributed by atoms with Gasteiger partial charge in [0.15, 0.2) is 0 Å². The average Bonchev–Trinajstić information content (AvgIpc) is 3.30. The van der Waals surface area contributed by atoms with Crippen molar-refractivity contribution < 1.29 is 9.59 Å².